The van der Waals surface area contributed by atoms with Gasteiger partial charge in [0.2, 0.25) is 11.6 Å². The lowest BCUT2D eigenvalue weighted by atomic mass is 10.2. The minimum Gasteiger partial charge on any atom is -0.495 e. The topological polar surface area (TPSA) is 99.8 Å². The molecule has 0 aliphatic heterocycles. The van der Waals surface area contributed by atoms with Gasteiger partial charge in [0, 0.05) is 12.4 Å². The average Bonchev–Trinajstić information content (AvgIpc) is 3.06. The summed E-state index contributed by atoms with van der Waals surface area (Å²) in [6.45, 7) is 1.63. The first-order valence-corrected chi connectivity index (χ1v) is 9.17. The van der Waals surface area contributed by atoms with Gasteiger partial charge in [-0.3, -0.25) is 4.79 Å². The van der Waals surface area contributed by atoms with Gasteiger partial charge in [0.15, 0.2) is 0 Å². The molecule has 1 N–H and O–H groups in total. The second-order valence-electron chi connectivity index (χ2n) is 6.48. The molecular formula is C21H19N5O4. The number of aromatic nitrogens is 4. The van der Waals surface area contributed by atoms with Crippen LogP contribution in [0.2, 0.25) is 0 Å². The largest absolute Gasteiger partial charge is 0.495 e. The van der Waals surface area contributed by atoms with Gasteiger partial charge in [0.05, 0.1) is 12.8 Å². The van der Waals surface area contributed by atoms with E-state index in [0.717, 1.165) is 10.2 Å². The van der Waals surface area contributed by atoms with Crippen molar-refractivity contribution >= 4 is 17.2 Å². The van der Waals surface area contributed by atoms with Crippen molar-refractivity contribution in [3.8, 4) is 17.4 Å². The number of nitrogens with one attached hydrogen (secondary N) is 1. The van der Waals surface area contributed by atoms with Gasteiger partial charge in [-0.1, -0.05) is 30.3 Å². The van der Waals surface area contributed by atoms with Crippen molar-refractivity contribution in [2.24, 2.45) is 0 Å². The lowest BCUT2D eigenvalue weighted by Crippen LogP contribution is -2.28. The van der Waals surface area contributed by atoms with Crippen LogP contribution < -0.4 is 20.5 Å². The van der Waals surface area contributed by atoms with Crippen molar-refractivity contribution in [2.45, 2.75) is 13.5 Å². The van der Waals surface area contributed by atoms with Crippen LogP contribution in [0.5, 0.6) is 17.4 Å². The van der Waals surface area contributed by atoms with Gasteiger partial charge in [0.25, 0.3) is 5.88 Å². The Hall–Kier alpha value is -4.14. The molecule has 1 amide bonds. The van der Waals surface area contributed by atoms with E-state index < -0.39 is 11.6 Å². The molecule has 2 aromatic carbocycles. The molecule has 152 valence electrons. The van der Waals surface area contributed by atoms with Crippen LogP contribution in [-0.4, -0.2) is 32.2 Å². The van der Waals surface area contributed by atoms with Gasteiger partial charge in [-0.2, -0.15) is 0 Å². The minimum atomic E-state index is -0.475. The van der Waals surface area contributed by atoms with E-state index in [1.807, 2.05) is 25.1 Å². The molecule has 0 bridgehead atoms. The zero-order chi connectivity index (χ0) is 21.1. The van der Waals surface area contributed by atoms with E-state index in [1.54, 1.807) is 30.3 Å². The second kappa shape index (κ2) is 8.08. The SMILES string of the molecule is COc1ccccc1NC(=O)Cn1nc2c(Oc3ccccc3C)nccn2c1=O. The number of nitrogens with zero attached hydrogens (tertiary/aromatic N) is 4. The van der Waals surface area contributed by atoms with Crippen LogP contribution in [0, 0.1) is 6.92 Å². The number of benzene rings is 2. The second-order valence-corrected chi connectivity index (χ2v) is 6.48. The van der Waals surface area contributed by atoms with E-state index in [9.17, 15) is 9.59 Å². The van der Waals surface area contributed by atoms with E-state index in [4.69, 9.17) is 9.47 Å². The lowest BCUT2D eigenvalue weighted by Gasteiger charge is -2.09. The van der Waals surface area contributed by atoms with Crippen LogP contribution in [0.3, 0.4) is 0 Å². The maximum absolute atomic E-state index is 12.7. The third kappa shape index (κ3) is 3.72. The first-order valence-electron chi connectivity index (χ1n) is 9.17. The van der Waals surface area contributed by atoms with Crippen molar-refractivity contribution in [3.63, 3.8) is 0 Å². The Morgan fingerprint density at radius 1 is 1.10 bits per heavy atom. The van der Waals surface area contributed by atoms with E-state index in [1.165, 1.54) is 23.9 Å². The van der Waals surface area contributed by atoms with Crippen LogP contribution in [0.4, 0.5) is 5.69 Å². The summed E-state index contributed by atoms with van der Waals surface area (Å²) in [5, 5.41) is 6.97. The Morgan fingerprint density at radius 3 is 2.60 bits per heavy atom. The van der Waals surface area contributed by atoms with Gasteiger partial charge in [-0.05, 0) is 30.7 Å². The Morgan fingerprint density at radius 2 is 1.83 bits per heavy atom. The number of methoxy groups -OCH3 is 1. The molecule has 0 spiro atoms. The fraction of sp³-hybridized carbons (Fsp3) is 0.143. The molecule has 0 atom stereocenters. The zero-order valence-corrected chi connectivity index (χ0v) is 16.4. The Kier molecular flexibility index (Phi) is 5.17. The maximum atomic E-state index is 12.7. The number of fused-ring (bicyclic) bond motifs is 1. The average molecular weight is 405 g/mol. The van der Waals surface area contributed by atoms with E-state index >= 15 is 0 Å². The van der Waals surface area contributed by atoms with E-state index in [-0.39, 0.29) is 18.1 Å². The normalized spacial score (nSPS) is 10.7. The first kappa shape index (κ1) is 19.2. The highest BCUT2D eigenvalue weighted by atomic mass is 16.5. The standard InChI is InChI=1S/C21H19N5O4/c1-14-7-3-5-9-16(14)30-20-19-24-26(21(28)25(19)12-11-22-20)13-18(27)23-15-8-4-6-10-17(15)29-2/h3-12H,13H2,1-2H3,(H,23,27). The molecule has 0 unspecified atom stereocenters. The fourth-order valence-corrected chi connectivity index (χ4v) is 2.95. The summed E-state index contributed by atoms with van der Waals surface area (Å²) in [5.74, 6) is 0.882. The monoisotopic (exact) mass is 405 g/mol. The Balaban J connectivity index is 1.61. The number of para-hydroxylation sites is 3. The number of aryl methyl sites for hydroxylation is 1. The number of ether oxygens (including phenoxy) is 2. The van der Waals surface area contributed by atoms with Crippen molar-refractivity contribution in [3.05, 3.63) is 77.0 Å². The third-order valence-corrected chi connectivity index (χ3v) is 4.44. The predicted molar refractivity (Wildman–Crippen MR) is 110 cm³/mol. The third-order valence-electron chi connectivity index (χ3n) is 4.44. The summed E-state index contributed by atoms with van der Waals surface area (Å²) in [6, 6.07) is 14.5. The van der Waals surface area contributed by atoms with Gasteiger partial charge >= 0.3 is 5.69 Å². The van der Waals surface area contributed by atoms with Crippen LogP contribution >= 0.6 is 0 Å². The van der Waals surface area contributed by atoms with Crippen molar-refractivity contribution in [1.29, 1.82) is 0 Å². The molecule has 0 saturated heterocycles. The number of hydrogen-bond donors (Lipinski definition) is 1. The summed E-state index contributed by atoms with van der Waals surface area (Å²) in [4.78, 5) is 29.4. The van der Waals surface area contributed by atoms with Gasteiger partial charge in [-0.15, -0.1) is 5.10 Å². The Bertz CT molecular complexity index is 1280. The molecule has 30 heavy (non-hydrogen) atoms. The molecule has 0 fully saturated rings. The number of anilines is 1. The minimum absolute atomic E-state index is 0.174. The molecule has 0 aliphatic rings. The lowest BCUT2D eigenvalue weighted by molar-refractivity contribution is -0.117. The van der Waals surface area contributed by atoms with Gasteiger partial charge in [0.1, 0.15) is 18.0 Å². The van der Waals surface area contributed by atoms with Crippen LogP contribution in [0.15, 0.2) is 65.7 Å². The molecule has 2 heterocycles. The number of hydrogen-bond acceptors (Lipinski definition) is 6. The first-order chi connectivity index (χ1) is 14.6. The maximum Gasteiger partial charge on any atom is 0.351 e. The summed E-state index contributed by atoms with van der Waals surface area (Å²) in [7, 11) is 1.51. The van der Waals surface area contributed by atoms with Gasteiger partial charge < -0.3 is 14.8 Å². The van der Waals surface area contributed by atoms with E-state index in [0.29, 0.717) is 17.2 Å². The van der Waals surface area contributed by atoms with Crippen molar-refractivity contribution < 1.29 is 14.3 Å². The predicted octanol–water partition coefficient (Wildman–Crippen LogP) is 2.64. The molecule has 0 radical (unpaired) electrons. The highest BCUT2D eigenvalue weighted by Crippen LogP contribution is 2.25. The van der Waals surface area contributed by atoms with Gasteiger partial charge in [-0.25, -0.2) is 18.9 Å². The molecule has 4 aromatic rings. The highest BCUT2D eigenvalue weighted by molar-refractivity contribution is 5.92. The number of carbonyl (C=O) groups is 1. The highest BCUT2D eigenvalue weighted by Gasteiger charge is 2.16. The fourth-order valence-electron chi connectivity index (χ4n) is 2.95. The van der Waals surface area contributed by atoms with Crippen molar-refractivity contribution in [2.75, 3.05) is 12.4 Å². The summed E-state index contributed by atoms with van der Waals surface area (Å²) < 4.78 is 13.4. The van der Waals surface area contributed by atoms with E-state index in [2.05, 4.69) is 15.4 Å². The number of rotatable bonds is 6. The number of amides is 1. The van der Waals surface area contributed by atoms with Crippen LogP contribution in [-0.2, 0) is 11.3 Å². The van der Waals surface area contributed by atoms with Crippen molar-refractivity contribution in [1.82, 2.24) is 19.2 Å². The molecule has 0 saturated carbocycles. The molecule has 9 heteroatoms. The molecule has 4 rings (SSSR count). The smallest absolute Gasteiger partial charge is 0.351 e. The quantitative estimate of drug-likeness (QED) is 0.529. The zero-order valence-electron chi connectivity index (χ0n) is 16.4. The van der Waals surface area contributed by atoms with Crippen LogP contribution in [0.1, 0.15) is 5.56 Å². The Labute approximate surface area is 171 Å². The molecule has 9 nitrogen and oxygen atoms in total. The molecule has 2 aromatic heterocycles. The number of carbonyl (C=O) groups excluding carboxylic acids is 1. The summed E-state index contributed by atoms with van der Waals surface area (Å²) in [5.41, 5.74) is 1.17. The van der Waals surface area contributed by atoms with Crippen LogP contribution in [0.25, 0.3) is 5.65 Å². The molecule has 0 aliphatic carbocycles. The molecular weight excluding hydrogens is 386 g/mol. The summed E-state index contributed by atoms with van der Waals surface area (Å²) >= 11 is 0. The summed E-state index contributed by atoms with van der Waals surface area (Å²) in [6.07, 6.45) is 2.92.